The number of carbonyl (C=O) groups is 1. The van der Waals surface area contributed by atoms with Gasteiger partial charge in [0.1, 0.15) is 5.75 Å². The SMILES string of the molecule is CC1(C)C(O)CC1NC(=O)C1Cc2cc(Cl)ccc2O1. The van der Waals surface area contributed by atoms with Crippen LogP contribution >= 0.6 is 11.6 Å². The van der Waals surface area contributed by atoms with Gasteiger partial charge in [0.05, 0.1) is 6.10 Å². The molecule has 1 aliphatic carbocycles. The molecular weight excluding hydrogens is 278 g/mol. The molecule has 3 rings (SSSR count). The summed E-state index contributed by atoms with van der Waals surface area (Å²) in [6.45, 7) is 3.91. The Morgan fingerprint density at radius 2 is 2.25 bits per heavy atom. The molecule has 1 aromatic rings. The van der Waals surface area contributed by atoms with Crippen LogP contribution in [0, 0.1) is 5.41 Å². The number of aliphatic hydroxyl groups is 1. The van der Waals surface area contributed by atoms with Crippen molar-refractivity contribution in [3.05, 3.63) is 28.8 Å². The third kappa shape index (κ3) is 2.17. The minimum absolute atomic E-state index is 0.000834. The van der Waals surface area contributed by atoms with E-state index in [-0.39, 0.29) is 23.5 Å². The molecule has 4 nitrogen and oxygen atoms in total. The van der Waals surface area contributed by atoms with E-state index in [1.54, 1.807) is 12.1 Å². The lowest BCUT2D eigenvalue weighted by Gasteiger charge is -2.49. The van der Waals surface area contributed by atoms with Gasteiger partial charge in [-0.15, -0.1) is 0 Å². The minimum Gasteiger partial charge on any atom is -0.480 e. The maximum atomic E-state index is 12.2. The Labute approximate surface area is 123 Å². The van der Waals surface area contributed by atoms with E-state index in [1.807, 2.05) is 19.9 Å². The Balaban J connectivity index is 1.64. The van der Waals surface area contributed by atoms with Crippen molar-refractivity contribution in [3.8, 4) is 5.75 Å². The third-order valence-electron chi connectivity index (χ3n) is 4.52. The third-order valence-corrected chi connectivity index (χ3v) is 4.76. The van der Waals surface area contributed by atoms with Crippen molar-refractivity contribution in [2.75, 3.05) is 0 Å². The fourth-order valence-electron chi connectivity index (χ4n) is 2.78. The Bertz CT molecular complexity index is 558. The quantitative estimate of drug-likeness (QED) is 0.876. The largest absolute Gasteiger partial charge is 0.480 e. The second-order valence-electron chi connectivity index (χ2n) is 6.20. The molecule has 1 amide bonds. The minimum atomic E-state index is -0.503. The second kappa shape index (κ2) is 4.64. The van der Waals surface area contributed by atoms with Crippen LogP contribution in [0.1, 0.15) is 25.8 Å². The van der Waals surface area contributed by atoms with Crippen molar-refractivity contribution >= 4 is 17.5 Å². The molecule has 5 heteroatoms. The molecule has 0 radical (unpaired) electrons. The highest BCUT2D eigenvalue weighted by atomic mass is 35.5. The van der Waals surface area contributed by atoms with Gasteiger partial charge in [-0.1, -0.05) is 25.4 Å². The predicted molar refractivity (Wildman–Crippen MR) is 75.9 cm³/mol. The first kappa shape index (κ1) is 13.7. The molecule has 1 saturated carbocycles. The molecule has 0 saturated heterocycles. The summed E-state index contributed by atoms with van der Waals surface area (Å²) in [6, 6.07) is 5.39. The number of benzene rings is 1. The van der Waals surface area contributed by atoms with E-state index in [9.17, 15) is 9.90 Å². The van der Waals surface area contributed by atoms with Gasteiger partial charge in [-0.3, -0.25) is 4.79 Å². The smallest absolute Gasteiger partial charge is 0.261 e. The molecule has 3 atom stereocenters. The van der Waals surface area contributed by atoms with Crippen LogP contribution in [0.3, 0.4) is 0 Å². The van der Waals surface area contributed by atoms with Crippen LogP contribution < -0.4 is 10.1 Å². The van der Waals surface area contributed by atoms with Gasteiger partial charge in [0.2, 0.25) is 0 Å². The average molecular weight is 296 g/mol. The lowest BCUT2D eigenvalue weighted by Crippen LogP contribution is -2.62. The monoisotopic (exact) mass is 295 g/mol. The molecule has 2 aliphatic rings. The van der Waals surface area contributed by atoms with Gasteiger partial charge in [0.15, 0.2) is 6.10 Å². The molecule has 3 unspecified atom stereocenters. The summed E-state index contributed by atoms with van der Waals surface area (Å²) < 4.78 is 5.66. The number of carbonyl (C=O) groups excluding carboxylic acids is 1. The number of halogens is 1. The molecule has 0 aromatic heterocycles. The first-order chi connectivity index (χ1) is 9.38. The van der Waals surface area contributed by atoms with Crippen molar-refractivity contribution in [1.82, 2.24) is 5.32 Å². The first-order valence-electron chi connectivity index (χ1n) is 6.81. The van der Waals surface area contributed by atoms with Crippen LogP contribution in [0.25, 0.3) is 0 Å². The molecule has 108 valence electrons. The highest BCUT2D eigenvalue weighted by Gasteiger charge is 2.48. The summed E-state index contributed by atoms with van der Waals surface area (Å²) in [5.74, 6) is 0.602. The molecule has 1 aliphatic heterocycles. The van der Waals surface area contributed by atoms with Gasteiger partial charge in [-0.05, 0) is 30.2 Å². The molecule has 1 fully saturated rings. The summed E-state index contributed by atoms with van der Waals surface area (Å²) in [4.78, 5) is 12.2. The van der Waals surface area contributed by atoms with Crippen molar-refractivity contribution in [3.63, 3.8) is 0 Å². The average Bonchev–Trinajstić information content (AvgIpc) is 2.81. The Kier molecular flexibility index (Phi) is 3.18. The van der Waals surface area contributed by atoms with Crippen LogP contribution in [-0.2, 0) is 11.2 Å². The molecule has 0 spiro atoms. The zero-order chi connectivity index (χ0) is 14.5. The maximum Gasteiger partial charge on any atom is 0.261 e. The number of nitrogens with one attached hydrogen (secondary N) is 1. The van der Waals surface area contributed by atoms with E-state index >= 15 is 0 Å². The molecular formula is C15H18ClNO3. The first-order valence-corrected chi connectivity index (χ1v) is 7.19. The zero-order valence-electron chi connectivity index (χ0n) is 11.5. The molecule has 1 aromatic carbocycles. The van der Waals surface area contributed by atoms with Crippen LogP contribution in [0.5, 0.6) is 5.75 Å². The fourth-order valence-corrected chi connectivity index (χ4v) is 2.97. The van der Waals surface area contributed by atoms with Gasteiger partial charge in [-0.2, -0.15) is 0 Å². The summed E-state index contributed by atoms with van der Waals surface area (Å²) in [5.41, 5.74) is 0.690. The van der Waals surface area contributed by atoms with Crippen molar-refractivity contribution in [2.45, 2.75) is 44.9 Å². The highest BCUT2D eigenvalue weighted by Crippen LogP contribution is 2.40. The molecule has 20 heavy (non-hydrogen) atoms. The van der Waals surface area contributed by atoms with Crippen molar-refractivity contribution < 1.29 is 14.6 Å². The van der Waals surface area contributed by atoms with Gasteiger partial charge >= 0.3 is 0 Å². The number of aliphatic hydroxyl groups excluding tert-OH is 1. The Morgan fingerprint density at radius 1 is 1.50 bits per heavy atom. The lowest BCUT2D eigenvalue weighted by atomic mass is 9.64. The van der Waals surface area contributed by atoms with Gasteiger partial charge in [0, 0.05) is 22.9 Å². The zero-order valence-corrected chi connectivity index (χ0v) is 12.3. The number of rotatable bonds is 2. The number of amides is 1. The number of hydrogen-bond donors (Lipinski definition) is 2. The van der Waals surface area contributed by atoms with E-state index < -0.39 is 6.10 Å². The fraction of sp³-hybridized carbons (Fsp3) is 0.533. The van der Waals surface area contributed by atoms with Crippen LogP contribution in [0.15, 0.2) is 18.2 Å². The topological polar surface area (TPSA) is 58.6 Å². The number of ether oxygens (including phenoxy) is 1. The summed E-state index contributed by atoms with van der Waals surface area (Å²) >= 11 is 5.94. The maximum absolute atomic E-state index is 12.2. The van der Waals surface area contributed by atoms with Gasteiger partial charge in [0.25, 0.3) is 5.91 Å². The summed E-state index contributed by atoms with van der Waals surface area (Å²) in [6.07, 6.45) is 0.284. The Morgan fingerprint density at radius 3 is 2.90 bits per heavy atom. The summed E-state index contributed by atoms with van der Waals surface area (Å²) in [7, 11) is 0. The van der Waals surface area contributed by atoms with E-state index in [0.717, 1.165) is 11.3 Å². The standard InChI is InChI=1S/C15H18ClNO3/c1-15(2)12(7-13(15)18)17-14(19)11-6-8-5-9(16)3-4-10(8)20-11/h3-5,11-13,18H,6-7H2,1-2H3,(H,17,19). The Hall–Kier alpha value is -1.26. The van der Waals surface area contributed by atoms with Crippen molar-refractivity contribution in [1.29, 1.82) is 0 Å². The van der Waals surface area contributed by atoms with Crippen LogP contribution in [0.2, 0.25) is 5.02 Å². The highest BCUT2D eigenvalue weighted by molar-refractivity contribution is 6.30. The van der Waals surface area contributed by atoms with E-state index in [1.165, 1.54) is 0 Å². The van der Waals surface area contributed by atoms with E-state index in [4.69, 9.17) is 16.3 Å². The van der Waals surface area contributed by atoms with E-state index in [0.29, 0.717) is 17.9 Å². The van der Waals surface area contributed by atoms with Gasteiger partial charge in [-0.25, -0.2) is 0 Å². The lowest BCUT2D eigenvalue weighted by molar-refractivity contribution is -0.135. The van der Waals surface area contributed by atoms with Crippen LogP contribution in [-0.4, -0.2) is 29.3 Å². The molecule has 0 bridgehead atoms. The predicted octanol–water partition coefficient (Wildman–Crippen LogP) is 1.92. The summed E-state index contributed by atoms with van der Waals surface area (Å²) in [5, 5.41) is 13.3. The normalized spacial score (nSPS) is 30.1. The van der Waals surface area contributed by atoms with E-state index in [2.05, 4.69) is 5.32 Å². The molecule has 1 heterocycles. The number of fused-ring (bicyclic) bond motifs is 1. The van der Waals surface area contributed by atoms with Crippen LogP contribution in [0.4, 0.5) is 0 Å². The molecule has 2 N–H and O–H groups in total. The van der Waals surface area contributed by atoms with Gasteiger partial charge < -0.3 is 15.2 Å². The second-order valence-corrected chi connectivity index (χ2v) is 6.63. The number of hydrogen-bond acceptors (Lipinski definition) is 3. The van der Waals surface area contributed by atoms with Crippen molar-refractivity contribution in [2.24, 2.45) is 5.41 Å².